The third kappa shape index (κ3) is 2.05. The highest BCUT2D eigenvalue weighted by atomic mass is 16.2. The van der Waals surface area contributed by atoms with Crippen molar-refractivity contribution in [1.29, 1.82) is 0 Å². The van der Waals surface area contributed by atoms with Gasteiger partial charge in [-0.2, -0.15) is 0 Å². The normalized spacial score (nSPS) is 16.5. The number of hydrogen-bond donors (Lipinski definition) is 1. The molecule has 78 valence electrons. The molecule has 2 rings (SSSR count). The molecule has 0 unspecified atom stereocenters. The van der Waals surface area contributed by atoms with Crippen LogP contribution in [0.25, 0.3) is 0 Å². The van der Waals surface area contributed by atoms with Crippen LogP contribution >= 0.6 is 0 Å². The molecule has 0 atom stereocenters. The van der Waals surface area contributed by atoms with E-state index in [1.807, 2.05) is 6.07 Å². The number of carbonyl (C=O) groups is 2. The summed E-state index contributed by atoms with van der Waals surface area (Å²) in [4.78, 5) is 24.6. The summed E-state index contributed by atoms with van der Waals surface area (Å²) >= 11 is 0. The molecule has 1 fully saturated rings. The van der Waals surface area contributed by atoms with Crippen molar-refractivity contribution in [2.75, 3.05) is 13.2 Å². The summed E-state index contributed by atoms with van der Waals surface area (Å²) in [7, 11) is 0. The van der Waals surface area contributed by atoms with Gasteiger partial charge in [0.2, 0.25) is 5.91 Å². The Bertz CT molecular complexity index is 375. The summed E-state index contributed by atoms with van der Waals surface area (Å²) in [6.45, 7) is 0.962. The molecule has 1 aliphatic heterocycles. The third-order valence-electron chi connectivity index (χ3n) is 2.35. The monoisotopic (exact) mass is 204 g/mol. The Morgan fingerprint density at radius 2 is 2.00 bits per heavy atom. The fourth-order valence-corrected chi connectivity index (χ4v) is 1.53. The van der Waals surface area contributed by atoms with E-state index in [0.29, 0.717) is 25.2 Å². The van der Waals surface area contributed by atoms with E-state index in [2.05, 4.69) is 5.32 Å². The van der Waals surface area contributed by atoms with Gasteiger partial charge in [0.25, 0.3) is 5.91 Å². The molecule has 0 bridgehead atoms. The van der Waals surface area contributed by atoms with E-state index >= 15 is 0 Å². The van der Waals surface area contributed by atoms with Crippen LogP contribution in [0.2, 0.25) is 0 Å². The van der Waals surface area contributed by atoms with Gasteiger partial charge >= 0.3 is 0 Å². The first-order valence-corrected chi connectivity index (χ1v) is 4.89. The van der Waals surface area contributed by atoms with Crippen LogP contribution in [-0.4, -0.2) is 29.9 Å². The van der Waals surface area contributed by atoms with Gasteiger partial charge in [0.05, 0.1) is 6.67 Å². The lowest BCUT2D eigenvalue weighted by atomic mass is 10.2. The molecule has 1 aromatic carbocycles. The van der Waals surface area contributed by atoms with Crippen LogP contribution in [0.5, 0.6) is 0 Å². The first-order chi connectivity index (χ1) is 7.29. The van der Waals surface area contributed by atoms with E-state index in [-0.39, 0.29) is 11.8 Å². The molecule has 0 saturated carbocycles. The lowest BCUT2D eigenvalue weighted by molar-refractivity contribution is -0.130. The van der Waals surface area contributed by atoms with Gasteiger partial charge in [0, 0.05) is 18.5 Å². The van der Waals surface area contributed by atoms with Gasteiger partial charge in [-0.15, -0.1) is 0 Å². The molecule has 1 heterocycles. The highest BCUT2D eigenvalue weighted by Crippen LogP contribution is 2.07. The number of imide groups is 1. The van der Waals surface area contributed by atoms with Crippen molar-refractivity contribution in [1.82, 2.24) is 10.2 Å². The standard InChI is InChI=1S/C11H12N2O2/c14-10-6-7-12-8-13(10)11(15)9-4-2-1-3-5-9/h1-5,12H,6-8H2. The predicted octanol–water partition coefficient (Wildman–Crippen LogP) is 0.606. The number of amides is 2. The second kappa shape index (κ2) is 4.23. The minimum absolute atomic E-state index is 0.109. The Morgan fingerprint density at radius 1 is 1.27 bits per heavy atom. The SMILES string of the molecule is O=C1CCNCN1C(=O)c1ccccc1. The molecule has 0 radical (unpaired) electrons. The zero-order valence-corrected chi connectivity index (χ0v) is 8.27. The maximum atomic E-state index is 11.9. The van der Waals surface area contributed by atoms with E-state index in [1.165, 1.54) is 4.90 Å². The molecule has 0 spiro atoms. The molecule has 1 N–H and O–H groups in total. The van der Waals surface area contributed by atoms with Gasteiger partial charge in [0.1, 0.15) is 0 Å². The van der Waals surface area contributed by atoms with Crippen molar-refractivity contribution in [2.24, 2.45) is 0 Å². The van der Waals surface area contributed by atoms with E-state index in [0.717, 1.165) is 0 Å². The smallest absolute Gasteiger partial charge is 0.261 e. The fraction of sp³-hybridized carbons (Fsp3) is 0.273. The van der Waals surface area contributed by atoms with Crippen LogP contribution in [0.3, 0.4) is 0 Å². The highest BCUT2D eigenvalue weighted by Gasteiger charge is 2.24. The van der Waals surface area contributed by atoms with Crippen molar-refractivity contribution in [3.63, 3.8) is 0 Å². The molecular formula is C11H12N2O2. The summed E-state index contributed by atoms with van der Waals surface area (Å²) in [5.74, 6) is -0.338. The largest absolute Gasteiger partial charge is 0.299 e. The lowest BCUT2D eigenvalue weighted by Crippen LogP contribution is -2.48. The van der Waals surface area contributed by atoms with Crippen LogP contribution in [0.1, 0.15) is 16.8 Å². The summed E-state index contributed by atoms with van der Waals surface area (Å²) in [6.07, 6.45) is 0.387. The van der Waals surface area contributed by atoms with Gasteiger partial charge < -0.3 is 0 Å². The third-order valence-corrected chi connectivity index (χ3v) is 2.35. The van der Waals surface area contributed by atoms with Gasteiger partial charge in [0.15, 0.2) is 0 Å². The number of rotatable bonds is 1. The topological polar surface area (TPSA) is 49.4 Å². The van der Waals surface area contributed by atoms with Crippen LogP contribution in [0, 0.1) is 0 Å². The molecule has 4 heteroatoms. The summed E-state index contributed by atoms with van der Waals surface area (Å²) in [6, 6.07) is 8.84. The molecule has 1 saturated heterocycles. The number of hydrogen-bond acceptors (Lipinski definition) is 3. The number of carbonyl (C=O) groups excluding carboxylic acids is 2. The average molecular weight is 204 g/mol. The Balaban J connectivity index is 2.17. The van der Waals surface area contributed by atoms with Gasteiger partial charge in [-0.25, -0.2) is 0 Å². The summed E-state index contributed by atoms with van der Waals surface area (Å²) < 4.78 is 0. The second-order valence-electron chi connectivity index (χ2n) is 3.40. The first-order valence-electron chi connectivity index (χ1n) is 4.89. The van der Waals surface area contributed by atoms with Crippen molar-refractivity contribution in [3.05, 3.63) is 35.9 Å². The minimum atomic E-state index is -0.229. The van der Waals surface area contributed by atoms with E-state index in [4.69, 9.17) is 0 Å². The zero-order valence-electron chi connectivity index (χ0n) is 8.27. The first kappa shape index (κ1) is 9.86. The molecule has 1 aromatic rings. The van der Waals surface area contributed by atoms with Gasteiger partial charge in [-0.3, -0.25) is 19.8 Å². The Labute approximate surface area is 87.9 Å². The molecule has 15 heavy (non-hydrogen) atoms. The van der Waals surface area contributed by atoms with E-state index in [9.17, 15) is 9.59 Å². The molecule has 2 amide bonds. The quantitative estimate of drug-likeness (QED) is 0.682. The van der Waals surface area contributed by atoms with Crippen LogP contribution in [0.15, 0.2) is 30.3 Å². The predicted molar refractivity (Wildman–Crippen MR) is 55.1 cm³/mol. The van der Waals surface area contributed by atoms with Crippen LogP contribution in [-0.2, 0) is 4.79 Å². The van der Waals surface area contributed by atoms with Crippen LogP contribution in [0.4, 0.5) is 0 Å². The molecular weight excluding hydrogens is 192 g/mol. The number of benzene rings is 1. The van der Waals surface area contributed by atoms with Gasteiger partial charge in [-0.1, -0.05) is 18.2 Å². The van der Waals surface area contributed by atoms with E-state index < -0.39 is 0 Å². The van der Waals surface area contributed by atoms with Crippen molar-refractivity contribution >= 4 is 11.8 Å². The summed E-state index contributed by atoms with van der Waals surface area (Å²) in [5, 5.41) is 3.00. The zero-order chi connectivity index (χ0) is 10.7. The molecule has 0 aliphatic carbocycles. The molecule has 1 aliphatic rings. The maximum Gasteiger partial charge on any atom is 0.261 e. The Kier molecular flexibility index (Phi) is 2.78. The van der Waals surface area contributed by atoms with E-state index in [1.54, 1.807) is 24.3 Å². The van der Waals surface area contributed by atoms with Crippen molar-refractivity contribution < 1.29 is 9.59 Å². The van der Waals surface area contributed by atoms with Crippen molar-refractivity contribution in [3.8, 4) is 0 Å². The average Bonchev–Trinajstić information content (AvgIpc) is 2.30. The number of nitrogens with one attached hydrogen (secondary N) is 1. The lowest BCUT2D eigenvalue weighted by Gasteiger charge is -2.25. The fourth-order valence-electron chi connectivity index (χ4n) is 1.53. The van der Waals surface area contributed by atoms with Gasteiger partial charge in [-0.05, 0) is 12.1 Å². The number of nitrogens with zero attached hydrogens (tertiary/aromatic N) is 1. The van der Waals surface area contributed by atoms with Crippen molar-refractivity contribution in [2.45, 2.75) is 6.42 Å². The minimum Gasteiger partial charge on any atom is -0.299 e. The van der Waals surface area contributed by atoms with Crippen LogP contribution < -0.4 is 5.32 Å². The Hall–Kier alpha value is -1.68. The second-order valence-corrected chi connectivity index (χ2v) is 3.40. The Morgan fingerprint density at radius 3 is 2.67 bits per heavy atom. The summed E-state index contributed by atoms with van der Waals surface area (Å²) in [5.41, 5.74) is 0.551. The molecule has 0 aromatic heterocycles. The highest BCUT2D eigenvalue weighted by molar-refractivity contribution is 6.04. The maximum absolute atomic E-state index is 11.9. The molecule has 4 nitrogen and oxygen atoms in total.